The van der Waals surface area contributed by atoms with E-state index in [2.05, 4.69) is 5.10 Å². The number of piperidine rings is 1. The number of hydrogen-bond acceptors (Lipinski definition) is 4. The molecule has 8 heteroatoms. The molecule has 0 bridgehead atoms. The molecule has 0 radical (unpaired) electrons. The molecule has 0 aliphatic carbocycles. The number of benzene rings is 2. The Balaban J connectivity index is 1.67. The van der Waals surface area contributed by atoms with Crippen LogP contribution in [0.4, 0.5) is 0 Å². The highest BCUT2D eigenvalue weighted by Gasteiger charge is 2.30. The molecular formula is C20H24N4O3S. The summed E-state index contributed by atoms with van der Waals surface area (Å²) in [6, 6.07) is 14.1. The first-order valence-electron chi connectivity index (χ1n) is 9.40. The first kappa shape index (κ1) is 18.9. The van der Waals surface area contributed by atoms with Crippen molar-refractivity contribution in [2.75, 3.05) is 19.3 Å². The van der Waals surface area contributed by atoms with Gasteiger partial charge < -0.3 is 0 Å². The lowest BCUT2D eigenvalue weighted by atomic mass is 9.99. The quantitative estimate of drug-likeness (QED) is 0.670. The molecule has 1 aliphatic rings. The van der Waals surface area contributed by atoms with Crippen LogP contribution >= 0.6 is 0 Å². The molecule has 4 rings (SSSR count). The van der Waals surface area contributed by atoms with Crippen LogP contribution in [0.2, 0.25) is 0 Å². The van der Waals surface area contributed by atoms with Gasteiger partial charge in [0.15, 0.2) is 0 Å². The molecule has 3 aromatic rings. The second-order valence-corrected chi connectivity index (χ2v) is 9.44. The van der Waals surface area contributed by atoms with Gasteiger partial charge in [0.2, 0.25) is 10.0 Å². The van der Waals surface area contributed by atoms with Crippen molar-refractivity contribution in [1.82, 2.24) is 18.7 Å². The smallest absolute Gasteiger partial charge is 0.282 e. The van der Waals surface area contributed by atoms with Crippen LogP contribution in [0, 0.1) is 0 Å². The lowest BCUT2D eigenvalue weighted by molar-refractivity contribution is 0.307. The van der Waals surface area contributed by atoms with Crippen LogP contribution in [0.1, 0.15) is 30.1 Å². The molecule has 0 amide bonds. The summed E-state index contributed by atoms with van der Waals surface area (Å²) in [5, 5.41) is 6.82. The zero-order valence-corrected chi connectivity index (χ0v) is 16.9. The first-order valence-corrected chi connectivity index (χ1v) is 11.2. The van der Waals surface area contributed by atoms with Gasteiger partial charge >= 0.3 is 5.69 Å². The molecule has 1 unspecified atom stereocenters. The standard InChI is InChI=1S/C20H24N4O3S/c1-22-19(17-10-6-12-23(13-17)28(2,26)27)21-24(20(22)25)14-16-9-5-8-15-7-3-4-11-18(15)16/h3-5,7-9,11,17H,6,10,12-14H2,1-2H3. The summed E-state index contributed by atoms with van der Waals surface area (Å²) in [6.07, 6.45) is 2.82. The zero-order valence-electron chi connectivity index (χ0n) is 16.1. The normalized spacial score (nSPS) is 18.6. The maximum Gasteiger partial charge on any atom is 0.345 e. The highest BCUT2D eigenvalue weighted by Crippen LogP contribution is 2.26. The van der Waals surface area contributed by atoms with Crippen molar-refractivity contribution in [1.29, 1.82) is 0 Å². The molecule has 1 aromatic heterocycles. The van der Waals surface area contributed by atoms with E-state index in [9.17, 15) is 13.2 Å². The van der Waals surface area contributed by atoms with Crippen LogP contribution in [0.25, 0.3) is 10.8 Å². The fourth-order valence-corrected chi connectivity index (χ4v) is 4.92. The second kappa shape index (κ2) is 7.18. The van der Waals surface area contributed by atoms with Crippen LogP contribution in [0.5, 0.6) is 0 Å². The highest BCUT2D eigenvalue weighted by molar-refractivity contribution is 7.88. The van der Waals surface area contributed by atoms with Crippen LogP contribution in [0.3, 0.4) is 0 Å². The zero-order chi connectivity index (χ0) is 19.9. The molecule has 2 aromatic carbocycles. The third-order valence-corrected chi connectivity index (χ3v) is 6.76. The Hall–Kier alpha value is -2.45. The van der Waals surface area contributed by atoms with Gasteiger partial charge in [0.25, 0.3) is 0 Å². The third kappa shape index (κ3) is 3.49. The minimum absolute atomic E-state index is 0.0741. The van der Waals surface area contributed by atoms with E-state index in [4.69, 9.17) is 0 Å². The Bertz CT molecular complexity index is 1170. The van der Waals surface area contributed by atoms with Crippen LogP contribution < -0.4 is 5.69 Å². The fourth-order valence-electron chi connectivity index (χ4n) is 4.01. The Morgan fingerprint density at radius 3 is 2.68 bits per heavy atom. The van der Waals surface area contributed by atoms with Gasteiger partial charge in [-0.05, 0) is 29.2 Å². The van der Waals surface area contributed by atoms with E-state index in [1.165, 1.54) is 15.2 Å². The maximum atomic E-state index is 12.8. The Kier molecular flexibility index (Phi) is 4.84. The van der Waals surface area contributed by atoms with E-state index < -0.39 is 10.0 Å². The number of sulfonamides is 1. The summed E-state index contributed by atoms with van der Waals surface area (Å²) in [4.78, 5) is 12.8. The minimum atomic E-state index is -3.24. The fraction of sp³-hybridized carbons (Fsp3) is 0.400. The molecule has 7 nitrogen and oxygen atoms in total. The van der Waals surface area contributed by atoms with E-state index in [1.54, 1.807) is 11.6 Å². The molecule has 0 N–H and O–H groups in total. The van der Waals surface area contributed by atoms with Gasteiger partial charge in [-0.15, -0.1) is 0 Å². The van der Waals surface area contributed by atoms with Gasteiger partial charge in [0.1, 0.15) is 5.82 Å². The largest absolute Gasteiger partial charge is 0.345 e. The number of rotatable bonds is 4. The molecule has 1 fully saturated rings. The monoisotopic (exact) mass is 400 g/mol. The van der Waals surface area contributed by atoms with Crippen molar-refractivity contribution >= 4 is 20.8 Å². The molecule has 148 valence electrons. The van der Waals surface area contributed by atoms with Crippen LogP contribution in [-0.4, -0.2) is 46.4 Å². The van der Waals surface area contributed by atoms with E-state index in [0.29, 0.717) is 25.5 Å². The topological polar surface area (TPSA) is 77.2 Å². The summed E-state index contributed by atoms with van der Waals surface area (Å²) in [5.74, 6) is 0.577. The van der Waals surface area contributed by atoms with Gasteiger partial charge in [0.05, 0.1) is 12.8 Å². The number of nitrogens with zero attached hydrogens (tertiary/aromatic N) is 4. The predicted molar refractivity (Wildman–Crippen MR) is 109 cm³/mol. The van der Waals surface area contributed by atoms with E-state index in [1.807, 2.05) is 42.5 Å². The average molecular weight is 401 g/mol. The van der Waals surface area contributed by atoms with Gasteiger partial charge in [-0.25, -0.2) is 22.2 Å². The van der Waals surface area contributed by atoms with Crippen molar-refractivity contribution in [3.63, 3.8) is 0 Å². The summed E-state index contributed by atoms with van der Waals surface area (Å²) in [6.45, 7) is 1.29. The SMILES string of the molecule is Cn1c(C2CCCN(S(C)(=O)=O)C2)nn(Cc2cccc3ccccc23)c1=O. The maximum absolute atomic E-state index is 12.8. The van der Waals surface area contributed by atoms with Crippen molar-refractivity contribution in [2.24, 2.45) is 7.05 Å². The highest BCUT2D eigenvalue weighted by atomic mass is 32.2. The summed E-state index contributed by atoms with van der Waals surface area (Å²) in [5.41, 5.74) is 0.852. The molecule has 1 saturated heterocycles. The number of hydrogen-bond donors (Lipinski definition) is 0. The van der Waals surface area contributed by atoms with E-state index in [0.717, 1.165) is 29.2 Å². The molecule has 0 saturated carbocycles. The predicted octanol–water partition coefficient (Wildman–Crippen LogP) is 1.92. The second-order valence-electron chi connectivity index (χ2n) is 7.46. The van der Waals surface area contributed by atoms with Crippen molar-refractivity contribution in [3.05, 3.63) is 64.3 Å². The van der Waals surface area contributed by atoms with Crippen molar-refractivity contribution < 1.29 is 8.42 Å². The summed E-state index contributed by atoms with van der Waals surface area (Å²) < 4.78 is 28.4. The lowest BCUT2D eigenvalue weighted by Crippen LogP contribution is -2.39. The van der Waals surface area contributed by atoms with Gasteiger partial charge in [-0.3, -0.25) is 4.57 Å². The number of fused-ring (bicyclic) bond motifs is 1. The molecular weight excluding hydrogens is 376 g/mol. The minimum Gasteiger partial charge on any atom is -0.282 e. The van der Waals surface area contributed by atoms with Gasteiger partial charge in [0, 0.05) is 26.1 Å². The molecule has 1 atom stereocenters. The summed E-state index contributed by atoms with van der Waals surface area (Å²) in [7, 11) is -1.53. The molecule has 1 aliphatic heterocycles. The van der Waals surface area contributed by atoms with Gasteiger partial charge in [-0.1, -0.05) is 42.5 Å². The van der Waals surface area contributed by atoms with E-state index in [-0.39, 0.29) is 11.6 Å². The Labute approximate surface area is 164 Å². The molecule has 2 heterocycles. The van der Waals surface area contributed by atoms with Gasteiger partial charge in [-0.2, -0.15) is 5.10 Å². The molecule has 28 heavy (non-hydrogen) atoms. The Morgan fingerprint density at radius 1 is 1.14 bits per heavy atom. The van der Waals surface area contributed by atoms with Crippen LogP contribution in [-0.2, 0) is 23.6 Å². The first-order chi connectivity index (χ1) is 13.3. The van der Waals surface area contributed by atoms with Crippen molar-refractivity contribution in [3.8, 4) is 0 Å². The Morgan fingerprint density at radius 2 is 1.89 bits per heavy atom. The van der Waals surface area contributed by atoms with Crippen LogP contribution in [0.15, 0.2) is 47.3 Å². The third-order valence-electron chi connectivity index (χ3n) is 5.49. The lowest BCUT2D eigenvalue weighted by Gasteiger charge is -2.30. The summed E-state index contributed by atoms with van der Waals surface area (Å²) >= 11 is 0. The molecule has 0 spiro atoms. The van der Waals surface area contributed by atoms with Crippen molar-refractivity contribution in [2.45, 2.75) is 25.3 Å². The number of aromatic nitrogens is 3. The average Bonchev–Trinajstić information content (AvgIpc) is 2.96. The van der Waals surface area contributed by atoms with E-state index >= 15 is 0 Å².